The Morgan fingerprint density at radius 1 is 1.26 bits per heavy atom. The highest BCUT2D eigenvalue weighted by atomic mass is 79.9. The fourth-order valence-electron chi connectivity index (χ4n) is 1.66. The van der Waals surface area contributed by atoms with Crippen molar-refractivity contribution in [3.8, 4) is 0 Å². The van der Waals surface area contributed by atoms with E-state index in [1.165, 1.54) is 0 Å². The number of nitrogens with one attached hydrogen (secondary N) is 2. The zero-order valence-electron chi connectivity index (χ0n) is 10.5. The van der Waals surface area contributed by atoms with Crippen LogP contribution in [0, 0.1) is 0 Å². The number of carbonyl (C=O) groups excluding carboxylic acids is 1. The molecule has 0 atom stereocenters. The molecular formula is C14H14BrN3O. The van der Waals surface area contributed by atoms with Crippen LogP contribution in [0.1, 0.15) is 16.1 Å². The first-order valence-electron chi connectivity index (χ1n) is 5.86. The minimum atomic E-state index is -0.0933. The zero-order chi connectivity index (χ0) is 13.7. The standard InChI is InChI=1S/C14H14BrN3O/c1-16-14(19)10-4-2-5-11(8-10)17-9-12-6-3-7-13(15)18-12/h2-8,17H,9H2,1H3,(H,16,19). The maximum atomic E-state index is 11.5. The molecule has 4 nitrogen and oxygen atoms in total. The van der Waals surface area contributed by atoms with Crippen molar-refractivity contribution < 1.29 is 4.79 Å². The maximum Gasteiger partial charge on any atom is 0.251 e. The van der Waals surface area contributed by atoms with Gasteiger partial charge in [0.1, 0.15) is 4.60 Å². The molecule has 5 heteroatoms. The van der Waals surface area contributed by atoms with Gasteiger partial charge in [0.05, 0.1) is 12.2 Å². The topological polar surface area (TPSA) is 54.0 Å². The van der Waals surface area contributed by atoms with Gasteiger partial charge >= 0.3 is 0 Å². The van der Waals surface area contributed by atoms with Gasteiger partial charge in [-0.25, -0.2) is 4.98 Å². The predicted octanol–water partition coefficient (Wildman–Crippen LogP) is 2.82. The van der Waals surface area contributed by atoms with Crippen LogP contribution >= 0.6 is 15.9 Å². The van der Waals surface area contributed by atoms with E-state index in [1.54, 1.807) is 13.1 Å². The van der Waals surface area contributed by atoms with E-state index in [0.29, 0.717) is 12.1 Å². The average Bonchev–Trinajstić information content (AvgIpc) is 2.45. The summed E-state index contributed by atoms with van der Waals surface area (Å²) in [4.78, 5) is 15.9. The van der Waals surface area contributed by atoms with Gasteiger partial charge in [0.2, 0.25) is 0 Å². The van der Waals surface area contributed by atoms with Gasteiger partial charge in [-0.3, -0.25) is 4.79 Å². The summed E-state index contributed by atoms with van der Waals surface area (Å²) in [6.45, 7) is 0.608. The molecule has 1 heterocycles. The lowest BCUT2D eigenvalue weighted by Crippen LogP contribution is -2.17. The first-order chi connectivity index (χ1) is 9.19. The normalized spacial score (nSPS) is 10.0. The number of carbonyl (C=O) groups is 1. The highest BCUT2D eigenvalue weighted by Gasteiger charge is 2.03. The van der Waals surface area contributed by atoms with E-state index in [1.807, 2.05) is 36.4 Å². The second-order valence-corrected chi connectivity index (χ2v) is 4.78. The summed E-state index contributed by atoms with van der Waals surface area (Å²) < 4.78 is 0.811. The molecule has 19 heavy (non-hydrogen) atoms. The number of amides is 1. The second kappa shape index (κ2) is 6.33. The largest absolute Gasteiger partial charge is 0.379 e. The fraction of sp³-hybridized carbons (Fsp3) is 0.143. The van der Waals surface area contributed by atoms with Crippen LogP contribution in [-0.4, -0.2) is 17.9 Å². The Morgan fingerprint density at radius 3 is 2.79 bits per heavy atom. The van der Waals surface area contributed by atoms with Crippen LogP contribution in [0.5, 0.6) is 0 Å². The molecule has 0 saturated heterocycles. The lowest BCUT2D eigenvalue weighted by molar-refractivity contribution is 0.0963. The SMILES string of the molecule is CNC(=O)c1cccc(NCc2cccc(Br)n2)c1. The van der Waals surface area contributed by atoms with Gasteiger partial charge in [0, 0.05) is 18.3 Å². The first-order valence-corrected chi connectivity index (χ1v) is 6.66. The van der Waals surface area contributed by atoms with Crippen LogP contribution in [-0.2, 0) is 6.54 Å². The smallest absolute Gasteiger partial charge is 0.251 e. The van der Waals surface area contributed by atoms with Crippen LogP contribution < -0.4 is 10.6 Å². The molecule has 2 rings (SSSR count). The van der Waals surface area contributed by atoms with E-state index in [0.717, 1.165) is 16.0 Å². The molecule has 0 radical (unpaired) electrons. The fourth-order valence-corrected chi connectivity index (χ4v) is 2.04. The summed E-state index contributed by atoms with van der Waals surface area (Å²) in [6, 6.07) is 13.1. The van der Waals surface area contributed by atoms with Gasteiger partial charge in [-0.15, -0.1) is 0 Å². The second-order valence-electron chi connectivity index (χ2n) is 3.97. The lowest BCUT2D eigenvalue weighted by Gasteiger charge is -2.08. The van der Waals surface area contributed by atoms with Crippen molar-refractivity contribution in [2.24, 2.45) is 0 Å². The van der Waals surface area contributed by atoms with Crippen LogP contribution in [0.3, 0.4) is 0 Å². The van der Waals surface area contributed by atoms with E-state index in [2.05, 4.69) is 31.5 Å². The summed E-state index contributed by atoms with van der Waals surface area (Å²) in [5.74, 6) is -0.0933. The molecule has 0 fully saturated rings. The third-order valence-electron chi connectivity index (χ3n) is 2.60. The molecular weight excluding hydrogens is 306 g/mol. The van der Waals surface area contributed by atoms with Gasteiger partial charge in [-0.2, -0.15) is 0 Å². The molecule has 0 aliphatic rings. The van der Waals surface area contributed by atoms with Crippen LogP contribution in [0.25, 0.3) is 0 Å². The predicted molar refractivity (Wildman–Crippen MR) is 79.1 cm³/mol. The molecule has 1 aromatic heterocycles. The number of anilines is 1. The van der Waals surface area contributed by atoms with Gasteiger partial charge in [0.15, 0.2) is 0 Å². The van der Waals surface area contributed by atoms with Crippen molar-refractivity contribution in [2.45, 2.75) is 6.54 Å². The van der Waals surface area contributed by atoms with Gasteiger partial charge < -0.3 is 10.6 Å². The Labute approximate surface area is 120 Å². The van der Waals surface area contributed by atoms with Gasteiger partial charge in [-0.1, -0.05) is 12.1 Å². The maximum absolute atomic E-state index is 11.5. The third-order valence-corrected chi connectivity index (χ3v) is 3.04. The Kier molecular flexibility index (Phi) is 4.52. The molecule has 0 bridgehead atoms. The van der Waals surface area contributed by atoms with Crippen LogP contribution in [0.4, 0.5) is 5.69 Å². The Balaban J connectivity index is 2.05. The Morgan fingerprint density at radius 2 is 2.05 bits per heavy atom. The minimum absolute atomic E-state index is 0.0933. The summed E-state index contributed by atoms with van der Waals surface area (Å²) in [6.07, 6.45) is 0. The van der Waals surface area contributed by atoms with E-state index in [9.17, 15) is 4.79 Å². The van der Waals surface area contributed by atoms with Crippen molar-refractivity contribution >= 4 is 27.5 Å². The summed E-state index contributed by atoms with van der Waals surface area (Å²) in [7, 11) is 1.62. The van der Waals surface area contributed by atoms with Crippen molar-refractivity contribution in [1.82, 2.24) is 10.3 Å². The minimum Gasteiger partial charge on any atom is -0.379 e. The van der Waals surface area contributed by atoms with Gasteiger partial charge in [-0.05, 0) is 46.3 Å². The number of benzene rings is 1. The quantitative estimate of drug-likeness (QED) is 0.852. The van der Waals surface area contributed by atoms with E-state index >= 15 is 0 Å². The molecule has 0 saturated carbocycles. The van der Waals surface area contributed by atoms with E-state index in [-0.39, 0.29) is 5.91 Å². The molecule has 98 valence electrons. The molecule has 0 spiro atoms. The molecule has 2 aromatic rings. The molecule has 0 aliphatic carbocycles. The molecule has 2 N–H and O–H groups in total. The summed E-state index contributed by atoms with van der Waals surface area (Å²) in [5.41, 5.74) is 2.46. The number of aromatic nitrogens is 1. The van der Waals surface area contributed by atoms with Crippen molar-refractivity contribution in [2.75, 3.05) is 12.4 Å². The number of rotatable bonds is 4. The van der Waals surface area contributed by atoms with E-state index in [4.69, 9.17) is 0 Å². The monoisotopic (exact) mass is 319 g/mol. The highest BCUT2D eigenvalue weighted by Crippen LogP contribution is 2.12. The zero-order valence-corrected chi connectivity index (χ0v) is 12.1. The third kappa shape index (κ3) is 3.79. The van der Waals surface area contributed by atoms with Crippen molar-refractivity contribution in [3.05, 3.63) is 58.3 Å². The molecule has 0 unspecified atom stereocenters. The number of nitrogens with zero attached hydrogens (tertiary/aromatic N) is 1. The van der Waals surface area contributed by atoms with Crippen LogP contribution in [0.2, 0.25) is 0 Å². The Hall–Kier alpha value is -1.88. The van der Waals surface area contributed by atoms with E-state index < -0.39 is 0 Å². The van der Waals surface area contributed by atoms with Gasteiger partial charge in [0.25, 0.3) is 5.91 Å². The number of pyridine rings is 1. The van der Waals surface area contributed by atoms with Crippen molar-refractivity contribution in [3.63, 3.8) is 0 Å². The molecule has 1 amide bonds. The van der Waals surface area contributed by atoms with Crippen LogP contribution in [0.15, 0.2) is 47.1 Å². The summed E-state index contributed by atoms with van der Waals surface area (Å²) >= 11 is 3.34. The first kappa shape index (κ1) is 13.5. The average molecular weight is 320 g/mol. The lowest BCUT2D eigenvalue weighted by atomic mass is 10.2. The number of halogens is 1. The number of hydrogen-bond acceptors (Lipinski definition) is 3. The Bertz CT molecular complexity index is 586. The molecule has 0 aliphatic heterocycles. The molecule has 1 aromatic carbocycles. The summed E-state index contributed by atoms with van der Waals surface area (Å²) in [5, 5.41) is 5.85. The van der Waals surface area contributed by atoms with Crippen molar-refractivity contribution in [1.29, 1.82) is 0 Å². The number of hydrogen-bond donors (Lipinski definition) is 2. The highest BCUT2D eigenvalue weighted by molar-refractivity contribution is 9.10.